The maximum absolute atomic E-state index is 12.0. The lowest BCUT2D eigenvalue weighted by Gasteiger charge is -2.19. The molecule has 0 N–H and O–H groups in total. The third-order valence-electron chi connectivity index (χ3n) is 1.57. The quantitative estimate of drug-likeness (QED) is 0.600. The van der Waals surface area contributed by atoms with Gasteiger partial charge in [-0.2, -0.15) is 8.42 Å². The van der Waals surface area contributed by atoms with E-state index in [1.54, 1.807) is 11.9 Å². The van der Waals surface area contributed by atoms with Gasteiger partial charge in [0.05, 0.1) is 5.75 Å². The molecule has 0 unspecified atom stereocenters. The average Bonchev–Trinajstić information content (AvgIpc) is 1.80. The van der Waals surface area contributed by atoms with Crippen LogP contribution in [-0.2, 0) is 10.2 Å². The Labute approximate surface area is 67.4 Å². The van der Waals surface area contributed by atoms with Gasteiger partial charge in [-0.25, -0.2) is 0 Å². The lowest BCUT2D eigenvalue weighted by Crippen LogP contribution is -2.30. The van der Waals surface area contributed by atoms with Crippen LogP contribution in [0.4, 0.5) is 3.89 Å². The first kappa shape index (κ1) is 10.8. The van der Waals surface area contributed by atoms with Crippen LogP contribution in [0.5, 0.6) is 0 Å². The Morgan fingerprint density at radius 3 is 2.18 bits per heavy atom. The topological polar surface area (TPSA) is 37.4 Å². The molecule has 11 heavy (non-hydrogen) atoms. The summed E-state index contributed by atoms with van der Waals surface area (Å²) in [5.41, 5.74) is 0. The first-order valence-corrected chi connectivity index (χ1v) is 5.01. The monoisotopic (exact) mass is 183 g/mol. The second-order valence-electron chi connectivity index (χ2n) is 2.82. The SMILES string of the molecule is CC(C)N(C)CCS(=O)(=O)F. The van der Waals surface area contributed by atoms with Crippen molar-refractivity contribution in [3.8, 4) is 0 Å². The number of rotatable bonds is 4. The minimum absolute atomic E-state index is 0.247. The van der Waals surface area contributed by atoms with Gasteiger partial charge >= 0.3 is 10.2 Å². The van der Waals surface area contributed by atoms with Gasteiger partial charge in [-0.15, -0.1) is 3.89 Å². The first-order chi connectivity index (χ1) is 4.83. The maximum Gasteiger partial charge on any atom is 0.303 e. The van der Waals surface area contributed by atoms with Gasteiger partial charge in [0.25, 0.3) is 0 Å². The molecule has 0 aromatic carbocycles. The second kappa shape index (κ2) is 4.01. The molecular formula is C6H14FNO2S. The van der Waals surface area contributed by atoms with Gasteiger partial charge in [0, 0.05) is 12.6 Å². The number of nitrogens with zero attached hydrogens (tertiary/aromatic N) is 1. The predicted octanol–water partition coefficient (Wildman–Crippen LogP) is 0.626. The van der Waals surface area contributed by atoms with E-state index in [4.69, 9.17) is 0 Å². The third-order valence-corrected chi connectivity index (χ3v) is 2.24. The summed E-state index contributed by atoms with van der Waals surface area (Å²) in [6.45, 7) is 4.09. The van der Waals surface area contributed by atoms with Gasteiger partial charge < -0.3 is 4.90 Å². The largest absolute Gasteiger partial charge is 0.303 e. The van der Waals surface area contributed by atoms with E-state index in [-0.39, 0.29) is 12.6 Å². The predicted molar refractivity (Wildman–Crippen MR) is 42.7 cm³/mol. The maximum atomic E-state index is 12.0. The molecule has 0 saturated heterocycles. The molecule has 0 bridgehead atoms. The Morgan fingerprint density at radius 1 is 1.45 bits per heavy atom. The lowest BCUT2D eigenvalue weighted by molar-refractivity contribution is 0.288. The molecule has 0 radical (unpaired) electrons. The minimum Gasteiger partial charge on any atom is -0.303 e. The number of halogens is 1. The molecule has 0 spiro atoms. The highest BCUT2D eigenvalue weighted by Gasteiger charge is 2.10. The molecule has 0 aromatic heterocycles. The summed E-state index contributed by atoms with van der Waals surface area (Å²) in [6.07, 6.45) is 0. The van der Waals surface area contributed by atoms with Gasteiger partial charge in [0.2, 0.25) is 0 Å². The van der Waals surface area contributed by atoms with Crippen molar-refractivity contribution in [3.05, 3.63) is 0 Å². The van der Waals surface area contributed by atoms with E-state index < -0.39 is 16.0 Å². The van der Waals surface area contributed by atoms with E-state index in [1.165, 1.54) is 0 Å². The highest BCUT2D eigenvalue weighted by molar-refractivity contribution is 7.86. The van der Waals surface area contributed by atoms with Gasteiger partial charge in [0.15, 0.2) is 0 Å². The second-order valence-corrected chi connectivity index (χ2v) is 4.30. The normalized spacial score (nSPS) is 12.9. The highest BCUT2D eigenvalue weighted by Crippen LogP contribution is 1.96. The molecule has 0 aromatic rings. The van der Waals surface area contributed by atoms with Gasteiger partial charge in [-0.3, -0.25) is 0 Å². The van der Waals surface area contributed by atoms with Crippen molar-refractivity contribution in [1.82, 2.24) is 4.90 Å². The van der Waals surface area contributed by atoms with E-state index in [0.717, 1.165) is 0 Å². The van der Waals surface area contributed by atoms with Crippen molar-refractivity contribution < 1.29 is 12.3 Å². The zero-order chi connectivity index (χ0) is 9.07. The molecule has 0 aliphatic carbocycles. The number of hydrogen-bond acceptors (Lipinski definition) is 3. The minimum atomic E-state index is -4.29. The van der Waals surface area contributed by atoms with E-state index in [9.17, 15) is 12.3 Å². The molecule has 3 nitrogen and oxygen atoms in total. The fourth-order valence-corrected chi connectivity index (χ4v) is 1.02. The van der Waals surface area contributed by atoms with Crippen molar-refractivity contribution >= 4 is 10.2 Å². The van der Waals surface area contributed by atoms with E-state index >= 15 is 0 Å². The molecule has 68 valence electrons. The van der Waals surface area contributed by atoms with E-state index in [1.807, 2.05) is 13.8 Å². The molecule has 5 heteroatoms. The molecule has 0 amide bonds. The molecule has 0 saturated carbocycles. The summed E-state index contributed by atoms with van der Waals surface area (Å²) in [6, 6.07) is 0.247. The van der Waals surface area contributed by atoms with Crippen molar-refractivity contribution in [3.63, 3.8) is 0 Å². The van der Waals surface area contributed by atoms with Crippen LogP contribution in [-0.4, -0.2) is 38.7 Å². The van der Waals surface area contributed by atoms with Crippen LogP contribution in [0.15, 0.2) is 0 Å². The molecule has 0 aliphatic heterocycles. The fraction of sp³-hybridized carbons (Fsp3) is 1.00. The van der Waals surface area contributed by atoms with Gasteiger partial charge in [0.1, 0.15) is 0 Å². The molecule has 0 fully saturated rings. The first-order valence-electron chi connectivity index (χ1n) is 3.45. The Morgan fingerprint density at radius 2 is 1.91 bits per heavy atom. The summed E-state index contributed by atoms with van der Waals surface area (Å²) in [5, 5.41) is 0. The number of hydrogen-bond donors (Lipinski definition) is 0. The van der Waals surface area contributed by atoms with Gasteiger partial charge in [-0.1, -0.05) is 0 Å². The van der Waals surface area contributed by atoms with Crippen LogP contribution in [0.25, 0.3) is 0 Å². The van der Waals surface area contributed by atoms with Crippen molar-refractivity contribution in [1.29, 1.82) is 0 Å². The summed E-state index contributed by atoms with van der Waals surface area (Å²) in [5.74, 6) is -0.415. The van der Waals surface area contributed by atoms with Crippen molar-refractivity contribution in [2.75, 3.05) is 19.3 Å². The molecular weight excluding hydrogens is 169 g/mol. The van der Waals surface area contributed by atoms with E-state index in [2.05, 4.69) is 0 Å². The van der Waals surface area contributed by atoms with Crippen LogP contribution in [0.1, 0.15) is 13.8 Å². The molecule has 0 aliphatic rings. The zero-order valence-corrected chi connectivity index (χ0v) is 7.86. The smallest absolute Gasteiger partial charge is 0.303 e. The summed E-state index contributed by atoms with van der Waals surface area (Å²) < 4.78 is 32.1. The Balaban J connectivity index is 3.72. The van der Waals surface area contributed by atoms with Crippen LogP contribution in [0.3, 0.4) is 0 Å². The fourth-order valence-electron chi connectivity index (χ4n) is 0.511. The zero-order valence-electron chi connectivity index (χ0n) is 7.04. The van der Waals surface area contributed by atoms with Gasteiger partial charge in [-0.05, 0) is 20.9 Å². The summed E-state index contributed by atoms with van der Waals surface area (Å²) in [4.78, 5) is 1.77. The van der Waals surface area contributed by atoms with Crippen molar-refractivity contribution in [2.24, 2.45) is 0 Å². The standard InChI is InChI=1S/C6H14FNO2S/c1-6(2)8(3)4-5-11(7,9)10/h6H,4-5H2,1-3H3. The lowest BCUT2D eigenvalue weighted by atomic mass is 10.3. The summed E-state index contributed by atoms with van der Waals surface area (Å²) in [7, 11) is -2.53. The Kier molecular flexibility index (Phi) is 3.96. The highest BCUT2D eigenvalue weighted by atomic mass is 32.3. The summed E-state index contributed by atoms with van der Waals surface area (Å²) >= 11 is 0. The average molecular weight is 183 g/mol. The third kappa shape index (κ3) is 6.25. The Hall–Kier alpha value is -0.160. The molecule has 0 heterocycles. The van der Waals surface area contributed by atoms with Crippen LogP contribution < -0.4 is 0 Å². The Bertz CT molecular complexity index is 201. The van der Waals surface area contributed by atoms with E-state index in [0.29, 0.717) is 0 Å². The molecule has 0 rings (SSSR count). The van der Waals surface area contributed by atoms with Crippen LogP contribution in [0.2, 0.25) is 0 Å². The molecule has 0 atom stereocenters. The van der Waals surface area contributed by atoms with Crippen LogP contribution in [0, 0.1) is 0 Å². The van der Waals surface area contributed by atoms with Crippen molar-refractivity contribution in [2.45, 2.75) is 19.9 Å². The van der Waals surface area contributed by atoms with Crippen LogP contribution >= 0.6 is 0 Å².